The maximum absolute atomic E-state index is 12.4. The van der Waals surface area contributed by atoms with E-state index >= 15 is 0 Å². The highest BCUT2D eigenvalue weighted by Crippen LogP contribution is 2.23. The Balaban J connectivity index is 2.93. The van der Waals surface area contributed by atoms with Gasteiger partial charge in [0, 0.05) is 6.04 Å². The molecule has 0 amide bonds. The maximum atomic E-state index is 12.4. The van der Waals surface area contributed by atoms with E-state index in [2.05, 4.69) is 18.6 Å². The Labute approximate surface area is 116 Å². The van der Waals surface area contributed by atoms with Gasteiger partial charge in [-0.3, -0.25) is 0 Å². The Morgan fingerprint density at radius 3 is 2.47 bits per heavy atom. The summed E-state index contributed by atoms with van der Waals surface area (Å²) in [6.45, 7) is 7.86. The molecule has 0 saturated carbocycles. The van der Waals surface area contributed by atoms with Crippen molar-refractivity contribution in [3.63, 3.8) is 0 Å². The van der Waals surface area contributed by atoms with Crippen molar-refractivity contribution in [3.8, 4) is 0 Å². The zero-order valence-electron chi connectivity index (χ0n) is 12.1. The third kappa shape index (κ3) is 4.21. The molecule has 0 fully saturated rings. The predicted molar refractivity (Wildman–Crippen MR) is 79.4 cm³/mol. The van der Waals surface area contributed by atoms with E-state index in [1.807, 2.05) is 6.92 Å². The van der Waals surface area contributed by atoms with Gasteiger partial charge in [0.1, 0.15) is 4.90 Å². The van der Waals surface area contributed by atoms with E-state index in [1.54, 1.807) is 25.1 Å². The molecule has 2 unspecified atom stereocenters. The summed E-state index contributed by atoms with van der Waals surface area (Å²) in [6.07, 6.45) is 1.86. The summed E-state index contributed by atoms with van der Waals surface area (Å²) in [5, 5.41) is 0. The number of benzene rings is 1. The number of hydrogen-bond donors (Lipinski definition) is 2. The van der Waals surface area contributed by atoms with Gasteiger partial charge in [0.05, 0.1) is 5.69 Å². The molecule has 0 spiro atoms. The maximum Gasteiger partial charge on any atom is 0.243 e. The largest absolute Gasteiger partial charge is 0.398 e. The van der Waals surface area contributed by atoms with Gasteiger partial charge in [-0.05, 0) is 37.8 Å². The first kappa shape index (κ1) is 16.0. The smallest absolute Gasteiger partial charge is 0.243 e. The first-order valence-corrected chi connectivity index (χ1v) is 8.13. The molecule has 0 aliphatic rings. The highest BCUT2D eigenvalue weighted by molar-refractivity contribution is 7.89. The molecule has 0 saturated heterocycles. The van der Waals surface area contributed by atoms with E-state index in [-0.39, 0.29) is 10.9 Å². The standard InChI is InChI=1S/C14H24N2O2S/c1-5-10(2)9-12(4)16-19(17,18)14-11(3)7-6-8-13(14)15/h6-8,10,12,16H,5,9,15H2,1-4H3. The van der Waals surface area contributed by atoms with Crippen LogP contribution in [0.2, 0.25) is 0 Å². The van der Waals surface area contributed by atoms with Gasteiger partial charge in [-0.1, -0.05) is 32.4 Å². The summed E-state index contributed by atoms with van der Waals surface area (Å²) in [5.74, 6) is 0.493. The molecular weight excluding hydrogens is 260 g/mol. The summed E-state index contributed by atoms with van der Waals surface area (Å²) >= 11 is 0. The minimum atomic E-state index is -3.55. The van der Waals surface area contributed by atoms with Crippen LogP contribution in [-0.2, 0) is 10.0 Å². The van der Waals surface area contributed by atoms with E-state index in [0.29, 0.717) is 17.2 Å². The van der Waals surface area contributed by atoms with Gasteiger partial charge in [-0.25, -0.2) is 13.1 Å². The molecule has 0 aliphatic heterocycles. The lowest BCUT2D eigenvalue weighted by Crippen LogP contribution is -2.34. The summed E-state index contributed by atoms with van der Waals surface area (Å²) in [7, 11) is -3.55. The number of nitrogens with one attached hydrogen (secondary N) is 1. The van der Waals surface area contributed by atoms with Gasteiger partial charge in [0.25, 0.3) is 0 Å². The molecular formula is C14H24N2O2S. The molecule has 108 valence electrons. The second-order valence-electron chi connectivity index (χ2n) is 5.26. The molecule has 3 N–H and O–H groups in total. The van der Waals surface area contributed by atoms with Crippen LogP contribution in [0.1, 0.15) is 39.2 Å². The zero-order valence-corrected chi connectivity index (χ0v) is 12.9. The second-order valence-corrected chi connectivity index (χ2v) is 6.92. The monoisotopic (exact) mass is 284 g/mol. The third-order valence-electron chi connectivity index (χ3n) is 3.32. The minimum absolute atomic E-state index is 0.0982. The van der Waals surface area contributed by atoms with E-state index in [0.717, 1.165) is 12.8 Å². The summed E-state index contributed by atoms with van der Waals surface area (Å²) in [5.41, 5.74) is 6.76. The van der Waals surface area contributed by atoms with E-state index < -0.39 is 10.0 Å². The van der Waals surface area contributed by atoms with Crippen LogP contribution in [0.3, 0.4) is 0 Å². The summed E-state index contributed by atoms with van der Waals surface area (Å²) in [6, 6.07) is 5.02. The van der Waals surface area contributed by atoms with Crippen molar-refractivity contribution in [2.75, 3.05) is 5.73 Å². The molecule has 0 aliphatic carbocycles. The van der Waals surface area contributed by atoms with Gasteiger partial charge in [0.15, 0.2) is 0 Å². The SMILES string of the molecule is CCC(C)CC(C)NS(=O)(=O)c1c(C)cccc1N. The minimum Gasteiger partial charge on any atom is -0.398 e. The average Bonchev–Trinajstić information content (AvgIpc) is 2.26. The van der Waals surface area contributed by atoms with Gasteiger partial charge >= 0.3 is 0 Å². The molecule has 1 rings (SSSR count). The molecule has 5 heteroatoms. The lowest BCUT2D eigenvalue weighted by Gasteiger charge is -2.19. The van der Waals surface area contributed by atoms with E-state index in [1.165, 1.54) is 0 Å². The van der Waals surface area contributed by atoms with Crippen molar-refractivity contribution in [2.24, 2.45) is 5.92 Å². The molecule has 1 aromatic carbocycles. The highest BCUT2D eigenvalue weighted by atomic mass is 32.2. The number of aryl methyl sites for hydroxylation is 1. The number of nitrogen functional groups attached to an aromatic ring is 1. The quantitative estimate of drug-likeness (QED) is 0.789. The molecule has 4 nitrogen and oxygen atoms in total. The second kappa shape index (κ2) is 6.39. The topological polar surface area (TPSA) is 72.2 Å². The summed E-state index contributed by atoms with van der Waals surface area (Å²) < 4.78 is 27.4. The van der Waals surface area contributed by atoms with E-state index in [4.69, 9.17) is 5.73 Å². The lowest BCUT2D eigenvalue weighted by molar-refractivity contribution is 0.445. The fourth-order valence-corrected chi connectivity index (χ4v) is 3.80. The van der Waals surface area contributed by atoms with Crippen molar-refractivity contribution in [1.29, 1.82) is 0 Å². The van der Waals surface area contributed by atoms with Crippen molar-refractivity contribution >= 4 is 15.7 Å². The first-order valence-electron chi connectivity index (χ1n) is 6.65. The van der Waals surface area contributed by atoms with Crippen molar-refractivity contribution in [1.82, 2.24) is 4.72 Å². The number of hydrogen-bond acceptors (Lipinski definition) is 3. The van der Waals surface area contributed by atoms with Crippen LogP contribution in [0.4, 0.5) is 5.69 Å². The Morgan fingerprint density at radius 2 is 1.95 bits per heavy atom. The number of sulfonamides is 1. The van der Waals surface area contributed by atoms with Crippen molar-refractivity contribution < 1.29 is 8.42 Å². The van der Waals surface area contributed by atoms with Gasteiger partial charge in [-0.2, -0.15) is 0 Å². The molecule has 19 heavy (non-hydrogen) atoms. The van der Waals surface area contributed by atoms with Crippen LogP contribution in [0.5, 0.6) is 0 Å². The number of rotatable bonds is 6. The van der Waals surface area contributed by atoms with E-state index in [9.17, 15) is 8.42 Å². The molecule has 1 aromatic rings. The molecule has 0 bridgehead atoms. The van der Waals surface area contributed by atoms with Crippen LogP contribution >= 0.6 is 0 Å². The molecule has 0 radical (unpaired) electrons. The molecule has 2 atom stereocenters. The highest BCUT2D eigenvalue weighted by Gasteiger charge is 2.22. The Hall–Kier alpha value is -1.07. The first-order chi connectivity index (χ1) is 8.77. The Kier molecular flexibility index (Phi) is 5.38. The fourth-order valence-electron chi connectivity index (χ4n) is 2.18. The third-order valence-corrected chi connectivity index (χ3v) is 5.13. The van der Waals surface area contributed by atoms with Crippen LogP contribution < -0.4 is 10.5 Å². The normalized spacial score (nSPS) is 15.2. The van der Waals surface area contributed by atoms with Gasteiger partial charge in [-0.15, -0.1) is 0 Å². The van der Waals surface area contributed by atoms with Gasteiger partial charge < -0.3 is 5.73 Å². The summed E-state index contributed by atoms with van der Waals surface area (Å²) in [4.78, 5) is 0.200. The lowest BCUT2D eigenvalue weighted by atomic mass is 10.0. The Morgan fingerprint density at radius 1 is 1.32 bits per heavy atom. The zero-order chi connectivity index (χ0) is 14.6. The van der Waals surface area contributed by atoms with Crippen LogP contribution in [0.15, 0.2) is 23.1 Å². The number of anilines is 1. The van der Waals surface area contributed by atoms with Crippen LogP contribution in [-0.4, -0.2) is 14.5 Å². The Bertz CT molecular complexity index is 506. The van der Waals surface area contributed by atoms with Crippen LogP contribution in [0.25, 0.3) is 0 Å². The number of nitrogens with two attached hydrogens (primary N) is 1. The molecule has 0 aromatic heterocycles. The predicted octanol–water partition coefficient (Wildman–Crippen LogP) is 2.68. The molecule has 0 heterocycles. The fraction of sp³-hybridized carbons (Fsp3) is 0.571. The van der Waals surface area contributed by atoms with Gasteiger partial charge in [0.2, 0.25) is 10.0 Å². The average molecular weight is 284 g/mol. The van der Waals surface area contributed by atoms with Crippen molar-refractivity contribution in [2.45, 2.75) is 51.5 Å². The van der Waals surface area contributed by atoms with Crippen LogP contribution in [0, 0.1) is 12.8 Å². The van der Waals surface area contributed by atoms with Crippen molar-refractivity contribution in [3.05, 3.63) is 23.8 Å².